The van der Waals surface area contributed by atoms with Crippen LogP contribution in [-0.4, -0.2) is 57.7 Å². The lowest BCUT2D eigenvalue weighted by Crippen LogP contribution is -2.46. The number of ether oxygens (including phenoxy) is 2. The summed E-state index contributed by atoms with van der Waals surface area (Å²) in [5.41, 5.74) is -0.613. The molecule has 1 unspecified atom stereocenters. The number of aromatic nitrogens is 3. The van der Waals surface area contributed by atoms with Crippen LogP contribution in [0, 0.1) is 0 Å². The number of nitrogens with zero attached hydrogens (tertiary/aromatic N) is 4. The Bertz CT molecular complexity index is 1290. The molecule has 3 atom stereocenters. The first-order valence-electron chi connectivity index (χ1n) is 15.4. The molecule has 13 heteroatoms. The largest absolute Gasteiger partial charge is 0.416 e. The number of hydrogen-bond acceptors (Lipinski definition) is 6. The van der Waals surface area contributed by atoms with E-state index in [1.165, 1.54) is 6.92 Å². The Morgan fingerprint density at radius 3 is 2.11 bits per heavy atom. The van der Waals surface area contributed by atoms with Gasteiger partial charge in [-0.15, -0.1) is 0 Å². The summed E-state index contributed by atoms with van der Waals surface area (Å²) < 4.78 is 93.5. The third kappa shape index (κ3) is 9.50. The fourth-order valence-electron chi connectivity index (χ4n) is 5.46. The van der Waals surface area contributed by atoms with Gasteiger partial charge >= 0.3 is 12.4 Å². The molecule has 1 saturated heterocycles. The van der Waals surface area contributed by atoms with Gasteiger partial charge in [0.1, 0.15) is 11.4 Å². The molecular weight excluding hydrogens is 600 g/mol. The Morgan fingerprint density at radius 1 is 0.933 bits per heavy atom. The zero-order valence-corrected chi connectivity index (χ0v) is 25.8. The van der Waals surface area contributed by atoms with Crippen molar-refractivity contribution in [3.63, 3.8) is 0 Å². The molecule has 45 heavy (non-hydrogen) atoms. The lowest BCUT2D eigenvalue weighted by atomic mass is 10.0. The van der Waals surface area contributed by atoms with Gasteiger partial charge in [0, 0.05) is 19.6 Å². The molecule has 0 bridgehead atoms. The van der Waals surface area contributed by atoms with Gasteiger partial charge in [0.05, 0.1) is 29.9 Å². The molecule has 2 aromatic carbocycles. The zero-order valence-electron chi connectivity index (χ0n) is 25.8. The number of halogens is 6. The monoisotopic (exact) mass is 641 g/mol. The number of H-pyrrole nitrogens is 1. The lowest BCUT2D eigenvalue weighted by molar-refractivity contribution is -0.231. The van der Waals surface area contributed by atoms with Crippen LogP contribution < -0.4 is 0 Å². The van der Waals surface area contributed by atoms with E-state index in [1.54, 1.807) is 0 Å². The summed E-state index contributed by atoms with van der Waals surface area (Å²) in [5.74, 6) is 0. The molecule has 1 aromatic heterocycles. The summed E-state index contributed by atoms with van der Waals surface area (Å²) in [4.78, 5) is 4.48. The maximum absolute atomic E-state index is 13.6. The molecular formula is C32H41F6N5O2. The van der Waals surface area contributed by atoms with Gasteiger partial charge in [0.2, 0.25) is 0 Å². The Balaban J connectivity index is 1.60. The van der Waals surface area contributed by atoms with Crippen LogP contribution in [0.1, 0.15) is 92.2 Å². The van der Waals surface area contributed by atoms with Gasteiger partial charge in [-0.05, 0) is 62.2 Å². The molecule has 1 fully saturated rings. The van der Waals surface area contributed by atoms with Gasteiger partial charge in [-0.3, -0.25) is 9.80 Å². The third-order valence-corrected chi connectivity index (χ3v) is 7.96. The first-order valence-corrected chi connectivity index (χ1v) is 15.4. The Labute approximate surface area is 259 Å². The van der Waals surface area contributed by atoms with E-state index < -0.39 is 41.9 Å². The molecule has 2 heterocycles. The first kappa shape index (κ1) is 34.9. The van der Waals surface area contributed by atoms with E-state index in [9.17, 15) is 26.3 Å². The topological polar surface area (TPSA) is 66.5 Å². The molecule has 0 spiro atoms. The van der Waals surface area contributed by atoms with Crippen LogP contribution in [0.25, 0.3) is 0 Å². The van der Waals surface area contributed by atoms with Crippen LogP contribution >= 0.6 is 0 Å². The Hall–Kier alpha value is -3.00. The van der Waals surface area contributed by atoms with E-state index in [1.807, 2.05) is 30.3 Å². The highest BCUT2D eigenvalue weighted by atomic mass is 19.4. The van der Waals surface area contributed by atoms with Gasteiger partial charge in [-0.2, -0.15) is 41.8 Å². The van der Waals surface area contributed by atoms with Crippen LogP contribution in [0.15, 0.2) is 48.5 Å². The van der Waals surface area contributed by atoms with Gasteiger partial charge in [0.25, 0.3) is 0 Å². The van der Waals surface area contributed by atoms with Crippen molar-refractivity contribution in [2.75, 3.05) is 26.2 Å². The second kappa shape index (κ2) is 15.5. The summed E-state index contributed by atoms with van der Waals surface area (Å²) in [6.45, 7) is 9.41. The predicted molar refractivity (Wildman–Crippen MR) is 157 cm³/mol. The van der Waals surface area contributed by atoms with E-state index in [2.05, 4.69) is 39.1 Å². The fourth-order valence-corrected chi connectivity index (χ4v) is 5.46. The van der Waals surface area contributed by atoms with E-state index in [0.717, 1.165) is 55.7 Å². The van der Waals surface area contributed by atoms with Gasteiger partial charge < -0.3 is 9.47 Å². The number of benzene rings is 2. The second-order valence-electron chi connectivity index (χ2n) is 11.4. The highest BCUT2D eigenvalue weighted by Crippen LogP contribution is 2.40. The quantitative estimate of drug-likeness (QED) is 0.181. The van der Waals surface area contributed by atoms with Crippen molar-refractivity contribution in [3.8, 4) is 0 Å². The molecule has 0 saturated carbocycles. The van der Waals surface area contributed by atoms with Crippen molar-refractivity contribution in [1.29, 1.82) is 0 Å². The smallest absolute Gasteiger partial charge is 0.349 e. The Kier molecular flexibility index (Phi) is 12.0. The lowest BCUT2D eigenvalue weighted by Gasteiger charge is -2.42. The van der Waals surface area contributed by atoms with E-state index in [0.29, 0.717) is 31.8 Å². The number of rotatable bonds is 14. The van der Waals surface area contributed by atoms with Gasteiger partial charge in [-0.1, -0.05) is 57.0 Å². The molecule has 1 N–H and O–H groups in total. The number of morpholine rings is 1. The van der Waals surface area contributed by atoms with Crippen LogP contribution in [0.2, 0.25) is 0 Å². The highest BCUT2D eigenvalue weighted by Gasteiger charge is 2.39. The van der Waals surface area contributed by atoms with Crippen molar-refractivity contribution in [1.82, 2.24) is 25.2 Å². The summed E-state index contributed by atoms with van der Waals surface area (Å²) in [7, 11) is 0. The maximum Gasteiger partial charge on any atom is 0.416 e. The number of nitrogens with one attached hydrogen (secondary N) is 1. The minimum Gasteiger partial charge on any atom is -0.349 e. The van der Waals surface area contributed by atoms with Crippen molar-refractivity contribution in [2.24, 2.45) is 0 Å². The SMILES string of the molecule is CCCCN(CCCC)Cc1n[nH]nc1CN1CCO[C@H](OC(C)c2cc(C(F)(F)F)cc(C(F)(F)F)c2)[C@@H]1c1ccccc1. The van der Waals surface area contributed by atoms with Crippen molar-refractivity contribution < 1.29 is 35.8 Å². The number of aromatic amines is 1. The average Bonchev–Trinajstić information content (AvgIpc) is 3.44. The molecule has 0 amide bonds. The van der Waals surface area contributed by atoms with Crippen molar-refractivity contribution in [3.05, 3.63) is 82.2 Å². The summed E-state index contributed by atoms with van der Waals surface area (Å²) >= 11 is 0. The van der Waals surface area contributed by atoms with E-state index in [-0.39, 0.29) is 18.2 Å². The second-order valence-corrected chi connectivity index (χ2v) is 11.4. The zero-order chi connectivity index (χ0) is 32.6. The number of unbranched alkanes of at least 4 members (excludes halogenated alkanes) is 2. The van der Waals surface area contributed by atoms with Crippen LogP contribution in [0.4, 0.5) is 26.3 Å². The van der Waals surface area contributed by atoms with E-state index >= 15 is 0 Å². The standard InChI is InChI=1S/C32H41F6N5O2/c1-4-6-13-42(14-7-5-2)20-27-28(40-41-39-27)21-43-15-16-44-30(29(43)23-11-9-8-10-12-23)45-22(3)24-17-25(31(33,34)35)19-26(18-24)32(36,37)38/h8-12,17-19,22,29-30H,4-7,13-16,20-21H2,1-3H3,(H,39,40,41)/t22?,29-,30+/m0/s1. The van der Waals surface area contributed by atoms with Crippen LogP contribution in [-0.2, 0) is 34.9 Å². The fraction of sp³-hybridized carbons (Fsp3) is 0.562. The molecule has 1 aliphatic rings. The van der Waals surface area contributed by atoms with Crippen molar-refractivity contribution >= 4 is 0 Å². The average molecular weight is 642 g/mol. The minimum atomic E-state index is -4.96. The maximum atomic E-state index is 13.6. The van der Waals surface area contributed by atoms with E-state index in [4.69, 9.17) is 9.47 Å². The third-order valence-electron chi connectivity index (χ3n) is 7.96. The minimum absolute atomic E-state index is 0.114. The number of alkyl halides is 6. The summed E-state index contributed by atoms with van der Waals surface area (Å²) in [6.07, 6.45) is -7.74. The van der Waals surface area contributed by atoms with Gasteiger partial charge in [-0.25, -0.2) is 0 Å². The molecule has 0 radical (unpaired) electrons. The molecule has 7 nitrogen and oxygen atoms in total. The summed E-state index contributed by atoms with van der Waals surface area (Å²) in [6, 6.07) is 10.3. The highest BCUT2D eigenvalue weighted by molar-refractivity contribution is 5.35. The molecule has 3 aromatic rings. The van der Waals surface area contributed by atoms with Crippen LogP contribution in [0.3, 0.4) is 0 Å². The molecule has 4 rings (SSSR count). The number of hydrogen-bond donors (Lipinski definition) is 1. The van der Waals surface area contributed by atoms with Crippen LogP contribution in [0.5, 0.6) is 0 Å². The summed E-state index contributed by atoms with van der Waals surface area (Å²) in [5, 5.41) is 11.7. The Morgan fingerprint density at radius 2 is 1.53 bits per heavy atom. The molecule has 1 aliphatic heterocycles. The van der Waals surface area contributed by atoms with Crippen molar-refractivity contribution in [2.45, 2.75) is 90.3 Å². The predicted octanol–water partition coefficient (Wildman–Crippen LogP) is 7.92. The molecule has 248 valence electrons. The normalized spacial score (nSPS) is 18.9. The first-order chi connectivity index (χ1) is 21.4. The molecule has 0 aliphatic carbocycles. The van der Waals surface area contributed by atoms with Gasteiger partial charge in [0.15, 0.2) is 6.29 Å².